The lowest BCUT2D eigenvalue weighted by atomic mass is 9.94. The molecule has 0 bridgehead atoms. The summed E-state index contributed by atoms with van der Waals surface area (Å²) in [6.07, 6.45) is 6.99. The second-order valence-corrected chi connectivity index (χ2v) is 6.28. The number of hydrogen-bond acceptors (Lipinski definition) is 4. The molecule has 0 radical (unpaired) electrons. The van der Waals surface area contributed by atoms with E-state index in [0.29, 0.717) is 6.54 Å². The third-order valence-electron chi connectivity index (χ3n) is 3.61. The van der Waals surface area contributed by atoms with Gasteiger partial charge in [0, 0.05) is 11.3 Å². The van der Waals surface area contributed by atoms with Gasteiger partial charge in [-0.2, -0.15) is 0 Å². The molecule has 0 aromatic carbocycles. The minimum Gasteiger partial charge on any atom is -0.458 e. The molecule has 0 saturated carbocycles. The Morgan fingerprint density at radius 1 is 1.48 bits per heavy atom. The zero-order valence-corrected chi connectivity index (χ0v) is 12.8. The molecule has 5 heteroatoms. The normalized spacial score (nSPS) is 17.9. The summed E-state index contributed by atoms with van der Waals surface area (Å²) in [5.74, 6) is 1.73. The number of aryl methyl sites for hydroxylation is 1. The SMILES string of the molecule is Cc1nc(-c2ccc(CNC(=O)C3CC=CCC3)o2)cs1. The van der Waals surface area contributed by atoms with Gasteiger partial charge in [0.2, 0.25) is 5.91 Å². The Morgan fingerprint density at radius 2 is 2.38 bits per heavy atom. The number of carbonyl (C=O) groups is 1. The standard InChI is InChI=1S/C16H18N2O2S/c1-11-18-14(10-21-11)15-8-7-13(20-15)9-17-16(19)12-5-3-2-4-6-12/h2-3,7-8,10,12H,4-6,9H2,1H3,(H,17,19). The van der Waals surface area contributed by atoms with Crippen LogP contribution in [0.1, 0.15) is 30.0 Å². The zero-order chi connectivity index (χ0) is 14.7. The van der Waals surface area contributed by atoms with E-state index in [1.54, 1.807) is 11.3 Å². The van der Waals surface area contributed by atoms with E-state index >= 15 is 0 Å². The van der Waals surface area contributed by atoms with Gasteiger partial charge in [0.25, 0.3) is 0 Å². The third-order valence-corrected chi connectivity index (χ3v) is 4.38. The van der Waals surface area contributed by atoms with E-state index < -0.39 is 0 Å². The van der Waals surface area contributed by atoms with Gasteiger partial charge in [-0.1, -0.05) is 12.2 Å². The highest BCUT2D eigenvalue weighted by Crippen LogP contribution is 2.24. The molecule has 1 amide bonds. The Bertz CT molecular complexity index is 657. The maximum Gasteiger partial charge on any atom is 0.223 e. The van der Waals surface area contributed by atoms with Gasteiger partial charge < -0.3 is 9.73 Å². The van der Waals surface area contributed by atoms with E-state index in [9.17, 15) is 4.79 Å². The molecule has 1 aliphatic carbocycles. The molecule has 0 spiro atoms. The maximum atomic E-state index is 12.1. The van der Waals surface area contributed by atoms with Crippen LogP contribution in [0.2, 0.25) is 0 Å². The van der Waals surface area contributed by atoms with Crippen molar-refractivity contribution in [1.82, 2.24) is 10.3 Å². The van der Waals surface area contributed by atoms with Gasteiger partial charge >= 0.3 is 0 Å². The molecule has 1 unspecified atom stereocenters. The molecule has 2 aromatic heterocycles. The molecule has 0 aliphatic heterocycles. The molecule has 1 N–H and O–H groups in total. The van der Waals surface area contributed by atoms with Gasteiger partial charge in [-0.25, -0.2) is 4.98 Å². The van der Waals surface area contributed by atoms with E-state index in [1.807, 2.05) is 24.4 Å². The van der Waals surface area contributed by atoms with Crippen molar-refractivity contribution >= 4 is 17.2 Å². The van der Waals surface area contributed by atoms with Crippen molar-refractivity contribution in [2.75, 3.05) is 0 Å². The van der Waals surface area contributed by atoms with Crippen LogP contribution in [0.4, 0.5) is 0 Å². The molecule has 4 nitrogen and oxygen atoms in total. The maximum absolute atomic E-state index is 12.1. The van der Waals surface area contributed by atoms with Crippen LogP contribution in [0.25, 0.3) is 11.5 Å². The van der Waals surface area contributed by atoms with Crippen molar-refractivity contribution in [3.63, 3.8) is 0 Å². The van der Waals surface area contributed by atoms with Crippen LogP contribution in [0.5, 0.6) is 0 Å². The molecule has 0 fully saturated rings. The highest BCUT2D eigenvalue weighted by molar-refractivity contribution is 7.09. The fourth-order valence-corrected chi connectivity index (χ4v) is 3.04. The van der Waals surface area contributed by atoms with Gasteiger partial charge in [-0.3, -0.25) is 4.79 Å². The number of nitrogens with zero attached hydrogens (tertiary/aromatic N) is 1. The second-order valence-electron chi connectivity index (χ2n) is 5.22. The Kier molecular flexibility index (Phi) is 4.20. The van der Waals surface area contributed by atoms with Crippen molar-refractivity contribution in [2.45, 2.75) is 32.7 Å². The summed E-state index contributed by atoms with van der Waals surface area (Å²) in [5, 5.41) is 5.95. The molecular weight excluding hydrogens is 284 g/mol. The first kappa shape index (κ1) is 14.1. The summed E-state index contributed by atoms with van der Waals surface area (Å²) in [6.45, 7) is 2.40. The average Bonchev–Trinajstić information content (AvgIpc) is 3.14. The molecular formula is C16H18N2O2S. The number of allylic oxidation sites excluding steroid dienone is 2. The quantitative estimate of drug-likeness (QED) is 0.876. The minimum absolute atomic E-state index is 0.102. The largest absolute Gasteiger partial charge is 0.458 e. The van der Waals surface area contributed by atoms with Gasteiger partial charge in [0.05, 0.1) is 11.6 Å². The fourth-order valence-electron chi connectivity index (χ4n) is 2.44. The number of hydrogen-bond donors (Lipinski definition) is 1. The second kappa shape index (κ2) is 6.26. The Morgan fingerprint density at radius 3 is 3.10 bits per heavy atom. The first-order valence-electron chi connectivity index (χ1n) is 7.16. The topological polar surface area (TPSA) is 55.1 Å². The Balaban J connectivity index is 1.57. The first-order chi connectivity index (χ1) is 10.2. The molecule has 1 atom stereocenters. The van der Waals surface area contributed by atoms with Crippen LogP contribution in [-0.4, -0.2) is 10.9 Å². The third kappa shape index (κ3) is 3.42. The number of furan rings is 1. The lowest BCUT2D eigenvalue weighted by molar-refractivity contribution is -0.125. The Labute approximate surface area is 127 Å². The van der Waals surface area contributed by atoms with E-state index in [0.717, 1.165) is 41.5 Å². The number of amides is 1. The van der Waals surface area contributed by atoms with E-state index in [2.05, 4.69) is 22.5 Å². The average molecular weight is 302 g/mol. The summed E-state index contributed by atoms with van der Waals surface area (Å²) in [4.78, 5) is 16.4. The monoisotopic (exact) mass is 302 g/mol. The minimum atomic E-state index is 0.102. The predicted molar refractivity (Wildman–Crippen MR) is 82.9 cm³/mol. The number of rotatable bonds is 4. The van der Waals surface area contributed by atoms with E-state index in [4.69, 9.17) is 4.42 Å². The van der Waals surface area contributed by atoms with Crippen molar-refractivity contribution < 1.29 is 9.21 Å². The highest BCUT2D eigenvalue weighted by Gasteiger charge is 2.18. The van der Waals surface area contributed by atoms with Crippen LogP contribution < -0.4 is 5.32 Å². The van der Waals surface area contributed by atoms with Crippen molar-refractivity contribution in [3.05, 3.63) is 40.4 Å². The van der Waals surface area contributed by atoms with Crippen molar-refractivity contribution in [1.29, 1.82) is 0 Å². The first-order valence-corrected chi connectivity index (χ1v) is 8.04. The van der Waals surface area contributed by atoms with Crippen LogP contribution in [0, 0.1) is 12.8 Å². The van der Waals surface area contributed by atoms with E-state index in [1.165, 1.54) is 0 Å². The molecule has 3 rings (SSSR count). The van der Waals surface area contributed by atoms with Gasteiger partial charge in [-0.05, 0) is 38.3 Å². The summed E-state index contributed by atoms with van der Waals surface area (Å²) < 4.78 is 5.74. The van der Waals surface area contributed by atoms with Crippen LogP contribution in [0.15, 0.2) is 34.1 Å². The van der Waals surface area contributed by atoms with Crippen molar-refractivity contribution in [3.8, 4) is 11.5 Å². The molecule has 21 heavy (non-hydrogen) atoms. The van der Waals surface area contributed by atoms with Gasteiger partial charge in [-0.15, -0.1) is 11.3 Å². The number of thiazole rings is 1. The van der Waals surface area contributed by atoms with Crippen LogP contribution in [0.3, 0.4) is 0 Å². The van der Waals surface area contributed by atoms with E-state index in [-0.39, 0.29) is 11.8 Å². The van der Waals surface area contributed by atoms with Gasteiger partial charge in [0.1, 0.15) is 11.5 Å². The molecule has 110 valence electrons. The summed E-state index contributed by atoms with van der Waals surface area (Å²) in [6, 6.07) is 3.80. The summed E-state index contributed by atoms with van der Waals surface area (Å²) in [7, 11) is 0. The molecule has 2 heterocycles. The molecule has 2 aromatic rings. The van der Waals surface area contributed by atoms with Gasteiger partial charge in [0.15, 0.2) is 5.76 Å². The lowest BCUT2D eigenvalue weighted by Crippen LogP contribution is -2.30. The summed E-state index contributed by atoms with van der Waals surface area (Å²) >= 11 is 1.60. The number of carbonyl (C=O) groups excluding carboxylic acids is 1. The smallest absolute Gasteiger partial charge is 0.223 e. The molecule has 1 aliphatic rings. The fraction of sp³-hybridized carbons (Fsp3) is 0.375. The van der Waals surface area contributed by atoms with Crippen molar-refractivity contribution in [2.24, 2.45) is 5.92 Å². The Hall–Kier alpha value is -1.88. The van der Waals surface area contributed by atoms with Crippen LogP contribution in [-0.2, 0) is 11.3 Å². The highest BCUT2D eigenvalue weighted by atomic mass is 32.1. The zero-order valence-electron chi connectivity index (χ0n) is 12.0. The molecule has 0 saturated heterocycles. The number of aromatic nitrogens is 1. The lowest BCUT2D eigenvalue weighted by Gasteiger charge is -2.16. The summed E-state index contributed by atoms with van der Waals surface area (Å²) in [5.41, 5.74) is 0.854. The van der Waals surface area contributed by atoms with Crippen LogP contribution >= 0.6 is 11.3 Å². The number of nitrogens with one attached hydrogen (secondary N) is 1. The predicted octanol–water partition coefficient (Wildman–Crippen LogP) is 3.68.